The summed E-state index contributed by atoms with van der Waals surface area (Å²) in [5, 5.41) is 3.51. The van der Waals surface area contributed by atoms with E-state index in [2.05, 4.69) is 17.2 Å². The van der Waals surface area contributed by atoms with Crippen molar-refractivity contribution in [2.45, 2.75) is 39.7 Å². The Labute approximate surface area is 168 Å². The average Bonchev–Trinajstić information content (AvgIpc) is 3.05. The number of rotatable bonds is 8. The van der Waals surface area contributed by atoms with E-state index in [0.717, 1.165) is 30.6 Å². The molecule has 0 saturated heterocycles. The molecule has 148 valence electrons. The summed E-state index contributed by atoms with van der Waals surface area (Å²) in [7, 11) is 1.63. The van der Waals surface area contributed by atoms with Crippen LogP contribution in [-0.4, -0.2) is 29.1 Å². The highest BCUT2D eigenvalue weighted by Crippen LogP contribution is 2.26. The molecule has 0 aliphatic rings. The van der Waals surface area contributed by atoms with Gasteiger partial charge in [0.25, 0.3) is 11.5 Å². The highest BCUT2D eigenvalue weighted by molar-refractivity contribution is 7.20. The maximum atomic E-state index is 12.7. The number of thiophene rings is 1. The number of ether oxygens (including phenoxy) is 1. The Bertz CT molecular complexity index is 1020. The number of nitrogens with zero attached hydrogens (tertiary/aromatic N) is 2. The molecule has 0 atom stereocenters. The molecule has 0 spiro atoms. The summed E-state index contributed by atoms with van der Waals surface area (Å²) < 4.78 is 6.79. The van der Waals surface area contributed by atoms with Crippen LogP contribution < -0.4 is 15.6 Å². The molecule has 28 heavy (non-hydrogen) atoms. The molecule has 0 unspecified atom stereocenters. The first-order valence-electron chi connectivity index (χ1n) is 9.44. The van der Waals surface area contributed by atoms with E-state index in [1.165, 1.54) is 11.3 Å². The van der Waals surface area contributed by atoms with Crippen molar-refractivity contribution in [3.05, 3.63) is 57.0 Å². The fourth-order valence-corrected chi connectivity index (χ4v) is 4.11. The highest BCUT2D eigenvalue weighted by atomic mass is 32.1. The van der Waals surface area contributed by atoms with Gasteiger partial charge in [0.2, 0.25) is 0 Å². The molecule has 3 rings (SSSR count). The second-order valence-corrected chi connectivity index (χ2v) is 7.69. The quantitative estimate of drug-likeness (QED) is 0.629. The standard InChI is InChI=1S/C21H25N3O3S/c1-4-5-12-24-13-23-20-17(21(24)26)14(2)18(28-20)19(25)22-11-10-15-6-8-16(27-3)9-7-15/h6-9,13H,4-5,10-12H2,1-3H3,(H,22,25). The van der Waals surface area contributed by atoms with Crippen LogP contribution in [0.2, 0.25) is 0 Å². The van der Waals surface area contributed by atoms with Crippen LogP contribution in [-0.2, 0) is 13.0 Å². The molecule has 0 saturated carbocycles. The summed E-state index contributed by atoms with van der Waals surface area (Å²) in [6.45, 7) is 5.08. The van der Waals surface area contributed by atoms with E-state index in [4.69, 9.17) is 4.74 Å². The van der Waals surface area contributed by atoms with Crippen LogP contribution in [0.25, 0.3) is 10.2 Å². The average molecular weight is 400 g/mol. The SMILES string of the molecule is CCCCn1cnc2sc(C(=O)NCCc3ccc(OC)cc3)c(C)c2c1=O. The minimum absolute atomic E-state index is 0.0653. The van der Waals surface area contributed by atoms with Crippen LogP contribution in [0.1, 0.15) is 40.6 Å². The number of aromatic nitrogens is 2. The molecule has 0 aliphatic carbocycles. The van der Waals surface area contributed by atoms with Gasteiger partial charge in [0.1, 0.15) is 10.6 Å². The number of aryl methyl sites for hydroxylation is 2. The normalized spacial score (nSPS) is 11.0. The van der Waals surface area contributed by atoms with Crippen LogP contribution in [0.4, 0.5) is 0 Å². The maximum absolute atomic E-state index is 12.7. The first-order valence-corrected chi connectivity index (χ1v) is 10.3. The number of hydrogen-bond donors (Lipinski definition) is 1. The smallest absolute Gasteiger partial charge is 0.262 e. The van der Waals surface area contributed by atoms with E-state index in [9.17, 15) is 9.59 Å². The van der Waals surface area contributed by atoms with Crippen molar-refractivity contribution in [1.29, 1.82) is 0 Å². The van der Waals surface area contributed by atoms with Crippen molar-refractivity contribution >= 4 is 27.5 Å². The van der Waals surface area contributed by atoms with Crippen LogP contribution in [0.3, 0.4) is 0 Å². The minimum Gasteiger partial charge on any atom is -0.497 e. The number of benzene rings is 1. The molecule has 1 aromatic carbocycles. The summed E-state index contributed by atoms with van der Waals surface area (Å²) in [6.07, 6.45) is 4.24. The van der Waals surface area contributed by atoms with E-state index >= 15 is 0 Å². The van der Waals surface area contributed by atoms with Crippen molar-refractivity contribution in [3.63, 3.8) is 0 Å². The Morgan fingerprint density at radius 3 is 2.71 bits per heavy atom. The third kappa shape index (κ3) is 4.25. The molecule has 2 heterocycles. The van der Waals surface area contributed by atoms with Gasteiger partial charge >= 0.3 is 0 Å². The van der Waals surface area contributed by atoms with E-state index in [0.29, 0.717) is 33.7 Å². The molecule has 6 nitrogen and oxygen atoms in total. The van der Waals surface area contributed by atoms with Gasteiger partial charge in [0.15, 0.2) is 0 Å². The second kappa shape index (κ2) is 9.01. The number of unbranched alkanes of at least 4 members (excludes halogenated alkanes) is 1. The van der Waals surface area contributed by atoms with Crippen LogP contribution in [0.5, 0.6) is 5.75 Å². The number of amides is 1. The monoisotopic (exact) mass is 399 g/mol. The number of carbonyl (C=O) groups is 1. The predicted octanol–water partition coefficient (Wildman–Crippen LogP) is 3.55. The summed E-state index contributed by atoms with van der Waals surface area (Å²) >= 11 is 1.28. The van der Waals surface area contributed by atoms with Crippen LogP contribution in [0, 0.1) is 6.92 Å². The molecule has 0 fully saturated rings. The highest BCUT2D eigenvalue weighted by Gasteiger charge is 2.19. The van der Waals surface area contributed by atoms with Crippen molar-refractivity contribution in [2.75, 3.05) is 13.7 Å². The molecule has 1 amide bonds. The predicted molar refractivity (Wildman–Crippen MR) is 113 cm³/mol. The van der Waals surface area contributed by atoms with E-state index < -0.39 is 0 Å². The third-order valence-electron chi connectivity index (χ3n) is 4.73. The van der Waals surface area contributed by atoms with Gasteiger partial charge in [0, 0.05) is 13.1 Å². The summed E-state index contributed by atoms with van der Waals surface area (Å²) in [6, 6.07) is 7.78. The molecule has 0 bridgehead atoms. The molecule has 0 aliphatic heterocycles. The van der Waals surface area contributed by atoms with Gasteiger partial charge in [-0.25, -0.2) is 4.98 Å². The van der Waals surface area contributed by atoms with Crippen LogP contribution in [0.15, 0.2) is 35.4 Å². The fourth-order valence-electron chi connectivity index (χ4n) is 3.06. The number of fused-ring (bicyclic) bond motifs is 1. The van der Waals surface area contributed by atoms with Crippen LogP contribution >= 0.6 is 11.3 Å². The zero-order chi connectivity index (χ0) is 20.1. The molecule has 3 aromatic rings. The lowest BCUT2D eigenvalue weighted by Gasteiger charge is -2.06. The molecule has 2 aromatic heterocycles. The van der Waals surface area contributed by atoms with E-state index in [1.807, 2.05) is 31.2 Å². The minimum atomic E-state index is -0.159. The van der Waals surface area contributed by atoms with Gasteiger partial charge in [0.05, 0.1) is 23.7 Å². The second-order valence-electron chi connectivity index (χ2n) is 6.69. The van der Waals surface area contributed by atoms with Crippen molar-refractivity contribution in [1.82, 2.24) is 14.9 Å². The maximum Gasteiger partial charge on any atom is 0.262 e. The molecular formula is C21H25N3O3S. The lowest BCUT2D eigenvalue weighted by atomic mass is 10.1. The summed E-state index contributed by atoms with van der Waals surface area (Å²) in [5.74, 6) is 0.652. The Hall–Kier alpha value is -2.67. The molecular weight excluding hydrogens is 374 g/mol. The van der Waals surface area contributed by atoms with Crippen molar-refractivity contribution < 1.29 is 9.53 Å². The molecule has 1 N–H and O–H groups in total. The fraction of sp³-hybridized carbons (Fsp3) is 0.381. The summed E-state index contributed by atoms with van der Waals surface area (Å²) in [5.41, 5.74) is 1.77. The lowest BCUT2D eigenvalue weighted by molar-refractivity contribution is 0.0957. The van der Waals surface area contributed by atoms with Crippen molar-refractivity contribution in [2.24, 2.45) is 0 Å². The third-order valence-corrected chi connectivity index (χ3v) is 5.93. The zero-order valence-corrected chi connectivity index (χ0v) is 17.3. The van der Waals surface area contributed by atoms with E-state index in [-0.39, 0.29) is 11.5 Å². The largest absolute Gasteiger partial charge is 0.497 e. The number of methoxy groups -OCH3 is 1. The Kier molecular flexibility index (Phi) is 6.46. The molecule has 0 radical (unpaired) electrons. The Balaban J connectivity index is 1.71. The first kappa shape index (κ1) is 20.1. The van der Waals surface area contributed by atoms with Gasteiger partial charge < -0.3 is 10.1 Å². The van der Waals surface area contributed by atoms with Gasteiger partial charge in [-0.1, -0.05) is 25.5 Å². The Morgan fingerprint density at radius 1 is 1.29 bits per heavy atom. The van der Waals surface area contributed by atoms with Gasteiger partial charge in [-0.05, 0) is 43.0 Å². The number of carbonyl (C=O) groups excluding carboxylic acids is 1. The number of nitrogens with one attached hydrogen (secondary N) is 1. The van der Waals surface area contributed by atoms with E-state index in [1.54, 1.807) is 18.0 Å². The Morgan fingerprint density at radius 2 is 2.04 bits per heavy atom. The lowest BCUT2D eigenvalue weighted by Crippen LogP contribution is -2.25. The van der Waals surface area contributed by atoms with Gasteiger partial charge in [-0.3, -0.25) is 14.2 Å². The summed E-state index contributed by atoms with van der Waals surface area (Å²) in [4.78, 5) is 30.9. The first-order chi connectivity index (χ1) is 13.5. The van der Waals surface area contributed by atoms with Crippen molar-refractivity contribution in [3.8, 4) is 5.75 Å². The zero-order valence-electron chi connectivity index (χ0n) is 16.4. The molecule has 7 heteroatoms. The topological polar surface area (TPSA) is 73.2 Å². The van der Waals surface area contributed by atoms with Gasteiger partial charge in [-0.15, -0.1) is 11.3 Å². The van der Waals surface area contributed by atoms with Gasteiger partial charge in [-0.2, -0.15) is 0 Å². The number of hydrogen-bond acceptors (Lipinski definition) is 5.